The Labute approximate surface area is 55.4 Å². The standard InChI is InChI=1S/C8H12O/c9-4-3-8-6-1-2-7(8)5-6/h1-2,6-9H,3-5H2/t6-,7+,8?. The molecular weight excluding hydrogens is 112 g/mol. The molecule has 1 heteroatoms. The maximum atomic E-state index is 8.64. The Hall–Kier alpha value is -0.300. The molecule has 3 atom stereocenters. The van der Waals surface area contributed by atoms with Gasteiger partial charge in [-0.15, -0.1) is 0 Å². The largest absolute Gasteiger partial charge is 0.396 e. The maximum Gasteiger partial charge on any atom is 0.0434 e. The summed E-state index contributed by atoms with van der Waals surface area (Å²) in [6.45, 7) is 0.374. The number of hydrogen-bond acceptors (Lipinski definition) is 1. The van der Waals surface area contributed by atoms with E-state index in [1.807, 2.05) is 0 Å². The van der Waals surface area contributed by atoms with Gasteiger partial charge in [0.1, 0.15) is 0 Å². The molecule has 3 aliphatic carbocycles. The van der Waals surface area contributed by atoms with Crippen LogP contribution in [0.25, 0.3) is 0 Å². The van der Waals surface area contributed by atoms with E-state index in [0.29, 0.717) is 6.61 Å². The maximum absolute atomic E-state index is 8.64. The fraction of sp³-hybridized carbons (Fsp3) is 0.750. The molecule has 0 aromatic rings. The minimum atomic E-state index is 0.374. The summed E-state index contributed by atoms with van der Waals surface area (Å²) in [6, 6.07) is 0. The third-order valence-electron chi connectivity index (χ3n) is 2.71. The molecule has 0 aliphatic heterocycles. The summed E-state index contributed by atoms with van der Waals surface area (Å²) in [6.07, 6.45) is 7.00. The molecule has 1 unspecified atom stereocenters. The van der Waals surface area contributed by atoms with E-state index in [2.05, 4.69) is 12.2 Å². The molecule has 0 aromatic carbocycles. The topological polar surface area (TPSA) is 20.2 Å². The molecular formula is C8H12O. The molecule has 1 nitrogen and oxygen atoms in total. The Kier molecular flexibility index (Phi) is 1.12. The summed E-state index contributed by atoms with van der Waals surface area (Å²) in [7, 11) is 0. The normalized spacial score (nSPS) is 45.2. The summed E-state index contributed by atoms with van der Waals surface area (Å²) < 4.78 is 0. The van der Waals surface area contributed by atoms with Crippen molar-refractivity contribution in [1.29, 1.82) is 0 Å². The molecule has 3 aliphatic rings. The molecule has 1 fully saturated rings. The molecule has 1 saturated carbocycles. The van der Waals surface area contributed by atoms with Gasteiger partial charge in [0.2, 0.25) is 0 Å². The molecule has 50 valence electrons. The molecule has 9 heavy (non-hydrogen) atoms. The van der Waals surface area contributed by atoms with Gasteiger partial charge in [0.25, 0.3) is 0 Å². The van der Waals surface area contributed by atoms with E-state index in [0.717, 1.165) is 24.2 Å². The van der Waals surface area contributed by atoms with E-state index in [9.17, 15) is 0 Å². The quantitative estimate of drug-likeness (QED) is 0.548. The number of aliphatic hydroxyl groups is 1. The first kappa shape index (κ1) is 5.48. The second-order valence-electron chi connectivity index (χ2n) is 3.12. The third-order valence-corrected chi connectivity index (χ3v) is 2.71. The van der Waals surface area contributed by atoms with Crippen LogP contribution >= 0.6 is 0 Å². The SMILES string of the molecule is OCCC1[C@@H]2C=C[C@H]1C2. The van der Waals surface area contributed by atoms with Crippen molar-refractivity contribution in [2.45, 2.75) is 12.8 Å². The van der Waals surface area contributed by atoms with Gasteiger partial charge >= 0.3 is 0 Å². The third kappa shape index (κ3) is 0.645. The van der Waals surface area contributed by atoms with Crippen LogP contribution in [0.3, 0.4) is 0 Å². The molecule has 0 aromatic heterocycles. The average Bonchev–Trinajstić information content (AvgIpc) is 2.39. The van der Waals surface area contributed by atoms with Gasteiger partial charge < -0.3 is 5.11 Å². The number of hydrogen-bond donors (Lipinski definition) is 1. The molecule has 0 spiro atoms. The fourth-order valence-corrected chi connectivity index (χ4v) is 2.09. The van der Waals surface area contributed by atoms with Crippen molar-refractivity contribution in [3.63, 3.8) is 0 Å². The summed E-state index contributed by atoms with van der Waals surface area (Å²) in [5, 5.41) is 8.64. The van der Waals surface area contributed by atoms with Gasteiger partial charge in [-0.1, -0.05) is 12.2 Å². The Morgan fingerprint density at radius 1 is 1.33 bits per heavy atom. The van der Waals surface area contributed by atoms with E-state index in [1.54, 1.807) is 0 Å². The summed E-state index contributed by atoms with van der Waals surface area (Å²) >= 11 is 0. The van der Waals surface area contributed by atoms with Crippen molar-refractivity contribution >= 4 is 0 Å². The van der Waals surface area contributed by atoms with Gasteiger partial charge in [-0.05, 0) is 30.6 Å². The van der Waals surface area contributed by atoms with Gasteiger partial charge in [0.15, 0.2) is 0 Å². The van der Waals surface area contributed by atoms with Gasteiger partial charge in [0, 0.05) is 6.61 Å². The number of allylic oxidation sites excluding steroid dienone is 2. The van der Waals surface area contributed by atoms with Crippen LogP contribution in [0, 0.1) is 17.8 Å². The minimum Gasteiger partial charge on any atom is -0.396 e. The van der Waals surface area contributed by atoms with Gasteiger partial charge in [-0.2, -0.15) is 0 Å². The first-order chi connectivity index (χ1) is 4.42. The van der Waals surface area contributed by atoms with E-state index in [4.69, 9.17) is 5.11 Å². The van der Waals surface area contributed by atoms with Crippen LogP contribution in [-0.4, -0.2) is 11.7 Å². The van der Waals surface area contributed by atoms with Crippen LogP contribution in [0.15, 0.2) is 12.2 Å². The second-order valence-corrected chi connectivity index (χ2v) is 3.12. The van der Waals surface area contributed by atoms with Crippen molar-refractivity contribution in [3.05, 3.63) is 12.2 Å². The molecule has 0 radical (unpaired) electrons. The van der Waals surface area contributed by atoms with E-state index in [-0.39, 0.29) is 0 Å². The van der Waals surface area contributed by atoms with Crippen LogP contribution in [-0.2, 0) is 0 Å². The molecule has 0 amide bonds. The highest BCUT2D eigenvalue weighted by Gasteiger charge is 2.41. The Morgan fingerprint density at radius 3 is 2.44 bits per heavy atom. The smallest absolute Gasteiger partial charge is 0.0434 e. The van der Waals surface area contributed by atoms with Crippen molar-refractivity contribution < 1.29 is 5.11 Å². The van der Waals surface area contributed by atoms with Crippen molar-refractivity contribution in [2.75, 3.05) is 6.61 Å². The zero-order chi connectivity index (χ0) is 6.27. The highest BCUT2D eigenvalue weighted by atomic mass is 16.3. The Morgan fingerprint density at radius 2 is 2.00 bits per heavy atom. The lowest BCUT2D eigenvalue weighted by molar-refractivity contribution is 0.132. The lowest BCUT2D eigenvalue weighted by atomic mass is 9.69. The Balaban J connectivity index is 1.92. The highest BCUT2D eigenvalue weighted by Crippen LogP contribution is 2.49. The minimum absolute atomic E-state index is 0.374. The lowest BCUT2D eigenvalue weighted by Gasteiger charge is -2.35. The van der Waals surface area contributed by atoms with Crippen LogP contribution in [0.5, 0.6) is 0 Å². The molecule has 1 N–H and O–H groups in total. The monoisotopic (exact) mass is 124 g/mol. The van der Waals surface area contributed by atoms with Crippen molar-refractivity contribution in [2.24, 2.45) is 17.8 Å². The average molecular weight is 124 g/mol. The first-order valence-electron chi connectivity index (χ1n) is 3.71. The first-order valence-corrected chi connectivity index (χ1v) is 3.71. The van der Waals surface area contributed by atoms with Gasteiger partial charge in [0.05, 0.1) is 0 Å². The number of rotatable bonds is 2. The van der Waals surface area contributed by atoms with Crippen molar-refractivity contribution in [3.8, 4) is 0 Å². The van der Waals surface area contributed by atoms with Crippen LogP contribution < -0.4 is 0 Å². The second kappa shape index (κ2) is 1.84. The van der Waals surface area contributed by atoms with Gasteiger partial charge in [-0.25, -0.2) is 0 Å². The molecule has 2 bridgehead atoms. The number of aliphatic hydroxyl groups excluding tert-OH is 1. The summed E-state index contributed by atoms with van der Waals surface area (Å²) in [5.41, 5.74) is 0. The van der Waals surface area contributed by atoms with E-state index < -0.39 is 0 Å². The summed E-state index contributed by atoms with van der Waals surface area (Å²) in [4.78, 5) is 0. The van der Waals surface area contributed by atoms with Crippen molar-refractivity contribution in [1.82, 2.24) is 0 Å². The fourth-order valence-electron chi connectivity index (χ4n) is 2.09. The predicted octanol–water partition coefficient (Wildman–Crippen LogP) is 1.19. The predicted molar refractivity (Wildman–Crippen MR) is 35.9 cm³/mol. The van der Waals surface area contributed by atoms with Crippen LogP contribution in [0.2, 0.25) is 0 Å². The lowest BCUT2D eigenvalue weighted by Crippen LogP contribution is -2.29. The van der Waals surface area contributed by atoms with Crippen LogP contribution in [0.4, 0.5) is 0 Å². The summed E-state index contributed by atoms with van der Waals surface area (Å²) in [5.74, 6) is 2.49. The zero-order valence-electron chi connectivity index (χ0n) is 5.46. The molecule has 0 heterocycles. The van der Waals surface area contributed by atoms with Crippen LogP contribution in [0.1, 0.15) is 12.8 Å². The Bertz CT molecular complexity index is 128. The molecule has 3 rings (SSSR count). The highest BCUT2D eigenvalue weighted by molar-refractivity contribution is 5.15. The van der Waals surface area contributed by atoms with E-state index >= 15 is 0 Å². The molecule has 0 saturated heterocycles. The van der Waals surface area contributed by atoms with Gasteiger partial charge in [-0.3, -0.25) is 0 Å². The van der Waals surface area contributed by atoms with E-state index in [1.165, 1.54) is 6.42 Å². The zero-order valence-corrected chi connectivity index (χ0v) is 5.46.